The summed E-state index contributed by atoms with van der Waals surface area (Å²) in [6.07, 6.45) is 4.38. The van der Waals surface area contributed by atoms with Gasteiger partial charge < -0.3 is 0 Å². The molecule has 0 fully saturated rings. The van der Waals surface area contributed by atoms with Gasteiger partial charge in [0.05, 0.1) is 0 Å². The maximum Gasteiger partial charge on any atom is 0.0142 e. The van der Waals surface area contributed by atoms with Crippen LogP contribution in [0.2, 0.25) is 0 Å². The van der Waals surface area contributed by atoms with Gasteiger partial charge in [-0.3, -0.25) is 0 Å². The molecule has 0 bridgehead atoms. The third kappa shape index (κ3) is 1.03. The van der Waals surface area contributed by atoms with E-state index in [0.29, 0.717) is 0 Å². The fraction of sp³-hybridized carbons (Fsp3) is 0. The van der Waals surface area contributed by atoms with Gasteiger partial charge in [0.1, 0.15) is 0 Å². The summed E-state index contributed by atoms with van der Waals surface area (Å²) >= 11 is 2.37. The highest BCUT2D eigenvalue weighted by Crippen LogP contribution is 2.32. The van der Waals surface area contributed by atoms with Gasteiger partial charge in [-0.1, -0.05) is 30.4 Å². The molecule has 0 aromatic heterocycles. The Morgan fingerprint density at radius 1 is 0.923 bits per heavy atom. The maximum absolute atomic E-state index is 2.37. The summed E-state index contributed by atoms with van der Waals surface area (Å²) < 4.78 is 1.31. The molecule has 0 aliphatic heterocycles. The fourth-order valence-corrected chi connectivity index (χ4v) is 2.57. The van der Waals surface area contributed by atoms with E-state index >= 15 is 0 Å². The molecule has 2 aromatic carbocycles. The van der Waals surface area contributed by atoms with Crippen LogP contribution in [0.4, 0.5) is 0 Å². The second-order valence-electron chi connectivity index (χ2n) is 3.27. The molecule has 0 atom stereocenters. The lowest BCUT2D eigenvalue weighted by Crippen LogP contribution is -1.80. The van der Waals surface area contributed by atoms with Crippen LogP contribution in [-0.2, 0) is 0 Å². The van der Waals surface area contributed by atoms with Crippen LogP contribution >= 0.6 is 22.6 Å². The Balaban J connectivity index is 2.59. The van der Waals surface area contributed by atoms with Crippen molar-refractivity contribution in [3.63, 3.8) is 0 Å². The third-order valence-corrected chi connectivity index (χ3v) is 3.07. The zero-order chi connectivity index (χ0) is 8.84. The van der Waals surface area contributed by atoms with Crippen LogP contribution in [0.1, 0.15) is 11.1 Å². The molecule has 0 spiro atoms. The highest BCUT2D eigenvalue weighted by molar-refractivity contribution is 14.1. The Kier molecular flexibility index (Phi) is 1.50. The maximum atomic E-state index is 2.37. The number of halogens is 1. The quantitative estimate of drug-likeness (QED) is 0.546. The molecular weight excluding hydrogens is 271 g/mol. The van der Waals surface area contributed by atoms with Crippen molar-refractivity contribution in [2.45, 2.75) is 0 Å². The van der Waals surface area contributed by atoms with Gasteiger partial charge >= 0.3 is 0 Å². The van der Waals surface area contributed by atoms with Gasteiger partial charge in [-0.2, -0.15) is 0 Å². The molecule has 0 heterocycles. The summed E-state index contributed by atoms with van der Waals surface area (Å²) in [7, 11) is 0. The molecule has 0 radical (unpaired) electrons. The summed E-state index contributed by atoms with van der Waals surface area (Å²) in [5, 5.41) is 2.76. The Labute approximate surface area is 90.4 Å². The molecule has 0 N–H and O–H groups in total. The van der Waals surface area contributed by atoms with Crippen molar-refractivity contribution >= 4 is 45.5 Å². The molecule has 0 unspecified atom stereocenters. The minimum absolute atomic E-state index is 1.31. The topological polar surface area (TPSA) is 0 Å². The van der Waals surface area contributed by atoms with Crippen molar-refractivity contribution in [2.75, 3.05) is 0 Å². The van der Waals surface area contributed by atoms with Crippen LogP contribution in [0.3, 0.4) is 0 Å². The molecule has 0 amide bonds. The molecule has 1 aliphatic rings. The third-order valence-electron chi connectivity index (χ3n) is 2.45. The average molecular weight is 278 g/mol. The van der Waals surface area contributed by atoms with Crippen LogP contribution < -0.4 is 0 Å². The average Bonchev–Trinajstić information content (AvgIpc) is 2.50. The van der Waals surface area contributed by atoms with Crippen molar-refractivity contribution in [2.24, 2.45) is 0 Å². The molecule has 1 aliphatic carbocycles. The first-order valence-corrected chi connectivity index (χ1v) is 5.33. The molecule has 3 rings (SSSR count). The monoisotopic (exact) mass is 278 g/mol. The van der Waals surface area contributed by atoms with E-state index in [9.17, 15) is 0 Å². The predicted octanol–water partition coefficient (Wildman–Crippen LogP) is 3.93. The first-order valence-electron chi connectivity index (χ1n) is 4.25. The summed E-state index contributed by atoms with van der Waals surface area (Å²) in [6, 6.07) is 10.9. The van der Waals surface area contributed by atoms with Crippen LogP contribution in [0.5, 0.6) is 0 Å². The van der Waals surface area contributed by atoms with Gasteiger partial charge in [-0.15, -0.1) is 0 Å². The second-order valence-corrected chi connectivity index (χ2v) is 4.52. The van der Waals surface area contributed by atoms with E-state index in [-0.39, 0.29) is 0 Å². The highest BCUT2D eigenvalue weighted by atomic mass is 127. The summed E-state index contributed by atoms with van der Waals surface area (Å²) in [5.74, 6) is 0. The van der Waals surface area contributed by atoms with E-state index in [1.807, 2.05) is 0 Å². The Bertz CT molecular complexity index is 524. The standard InChI is InChI=1S/C12H7I/c13-11-6-9-3-1-2-8-4-5-10(7-11)12(8)9/h1-7H. The van der Waals surface area contributed by atoms with Crippen molar-refractivity contribution in [1.82, 2.24) is 0 Å². The van der Waals surface area contributed by atoms with E-state index < -0.39 is 0 Å². The predicted molar refractivity (Wildman–Crippen MR) is 65.6 cm³/mol. The zero-order valence-electron chi connectivity index (χ0n) is 6.92. The van der Waals surface area contributed by atoms with Crippen molar-refractivity contribution < 1.29 is 0 Å². The largest absolute Gasteiger partial charge is 0.0610 e. The lowest BCUT2D eigenvalue weighted by molar-refractivity contribution is 1.67. The van der Waals surface area contributed by atoms with Crippen molar-refractivity contribution in [3.8, 4) is 0 Å². The molecular formula is C12H7I. The van der Waals surface area contributed by atoms with Crippen LogP contribution in [0.25, 0.3) is 22.9 Å². The van der Waals surface area contributed by atoms with E-state index in [2.05, 4.69) is 65.1 Å². The minimum atomic E-state index is 1.31. The van der Waals surface area contributed by atoms with Crippen LogP contribution in [0.15, 0.2) is 30.3 Å². The van der Waals surface area contributed by atoms with Gasteiger partial charge in [0, 0.05) is 3.57 Å². The summed E-state index contributed by atoms with van der Waals surface area (Å²) in [6.45, 7) is 0. The Hall–Kier alpha value is -0.830. The van der Waals surface area contributed by atoms with Gasteiger partial charge in [0.15, 0.2) is 0 Å². The van der Waals surface area contributed by atoms with Gasteiger partial charge in [0.2, 0.25) is 0 Å². The van der Waals surface area contributed by atoms with Crippen molar-refractivity contribution in [1.29, 1.82) is 0 Å². The second kappa shape index (κ2) is 2.58. The molecule has 62 valence electrons. The fourth-order valence-electron chi connectivity index (χ4n) is 1.90. The van der Waals surface area contributed by atoms with Gasteiger partial charge in [-0.05, 0) is 56.6 Å². The Morgan fingerprint density at radius 3 is 2.69 bits per heavy atom. The van der Waals surface area contributed by atoms with Gasteiger partial charge in [0.25, 0.3) is 0 Å². The van der Waals surface area contributed by atoms with Crippen molar-refractivity contribution in [3.05, 3.63) is 45.0 Å². The minimum Gasteiger partial charge on any atom is -0.0610 e. The first-order chi connectivity index (χ1) is 6.34. The van der Waals surface area contributed by atoms with Crippen LogP contribution in [-0.4, -0.2) is 0 Å². The number of hydrogen-bond acceptors (Lipinski definition) is 0. The number of benzene rings is 2. The SMILES string of the molecule is Ic1cc2c3c(cccc3c1)C=C2. The number of hydrogen-bond donors (Lipinski definition) is 0. The molecule has 1 heteroatoms. The molecule has 13 heavy (non-hydrogen) atoms. The summed E-state index contributed by atoms with van der Waals surface area (Å²) in [4.78, 5) is 0. The van der Waals surface area contributed by atoms with Gasteiger partial charge in [-0.25, -0.2) is 0 Å². The molecule has 0 saturated carbocycles. The molecule has 0 nitrogen and oxygen atoms in total. The lowest BCUT2D eigenvalue weighted by Gasteiger charge is -2.02. The highest BCUT2D eigenvalue weighted by Gasteiger charge is 2.08. The van der Waals surface area contributed by atoms with E-state index in [4.69, 9.17) is 0 Å². The lowest BCUT2D eigenvalue weighted by atomic mass is 10.0. The van der Waals surface area contributed by atoms with E-state index in [0.717, 1.165) is 0 Å². The smallest absolute Gasteiger partial charge is 0.0142 e. The Morgan fingerprint density at radius 2 is 1.77 bits per heavy atom. The first kappa shape index (κ1) is 7.56. The summed E-state index contributed by atoms with van der Waals surface area (Å²) in [5.41, 5.74) is 2.71. The zero-order valence-corrected chi connectivity index (χ0v) is 9.08. The number of rotatable bonds is 0. The van der Waals surface area contributed by atoms with E-state index in [1.165, 1.54) is 25.5 Å². The van der Waals surface area contributed by atoms with Crippen LogP contribution in [0, 0.1) is 3.57 Å². The molecule has 2 aromatic rings. The molecule has 0 saturated heterocycles. The normalized spacial score (nSPS) is 12.7. The van der Waals surface area contributed by atoms with E-state index in [1.54, 1.807) is 0 Å².